The minimum Gasteiger partial charge on any atom is -0.494 e. The average molecular weight is 408 g/mol. The fourth-order valence-electron chi connectivity index (χ4n) is 4.84. The Balaban J connectivity index is 1.56. The number of benzene rings is 2. The molecule has 2 aromatic carbocycles. The summed E-state index contributed by atoms with van der Waals surface area (Å²) < 4.78 is 11.5. The van der Waals surface area contributed by atoms with Crippen LogP contribution in [-0.2, 0) is 4.79 Å². The molecular weight excluding hydrogens is 374 g/mol. The number of hydrogen-bond donors (Lipinski definition) is 1. The summed E-state index contributed by atoms with van der Waals surface area (Å²) in [4.78, 5) is 13.3. The maximum Gasteiger partial charge on any atom is 0.142 e. The lowest BCUT2D eigenvalue weighted by Crippen LogP contribution is -2.50. The summed E-state index contributed by atoms with van der Waals surface area (Å²) in [7, 11) is 0. The van der Waals surface area contributed by atoms with Crippen LogP contribution in [0.4, 0.5) is 0 Å². The predicted molar refractivity (Wildman–Crippen MR) is 119 cm³/mol. The van der Waals surface area contributed by atoms with E-state index in [1.54, 1.807) is 0 Å². The van der Waals surface area contributed by atoms with Crippen molar-refractivity contribution in [2.75, 3.05) is 13.2 Å². The minimum absolute atomic E-state index is 0.0512. The monoisotopic (exact) mass is 407 g/mol. The topological polar surface area (TPSA) is 47.6 Å². The van der Waals surface area contributed by atoms with E-state index in [0.29, 0.717) is 5.78 Å². The van der Waals surface area contributed by atoms with Crippen molar-refractivity contribution in [1.29, 1.82) is 0 Å². The summed E-state index contributed by atoms with van der Waals surface area (Å²) in [6.07, 6.45) is 5.04. The lowest BCUT2D eigenvalue weighted by Gasteiger charge is -2.45. The van der Waals surface area contributed by atoms with Crippen molar-refractivity contribution < 1.29 is 14.3 Å². The Morgan fingerprint density at radius 3 is 1.60 bits per heavy atom. The quantitative estimate of drug-likeness (QED) is 0.616. The van der Waals surface area contributed by atoms with Crippen LogP contribution < -0.4 is 14.8 Å². The number of rotatable bonds is 8. The van der Waals surface area contributed by atoms with Gasteiger partial charge in [0.25, 0.3) is 0 Å². The Bertz CT molecular complexity index is 763. The van der Waals surface area contributed by atoms with E-state index >= 15 is 0 Å². The van der Waals surface area contributed by atoms with E-state index in [2.05, 4.69) is 43.4 Å². The molecule has 4 nitrogen and oxygen atoms in total. The molecule has 2 bridgehead atoms. The van der Waals surface area contributed by atoms with Gasteiger partial charge in [0.05, 0.1) is 13.2 Å². The number of ether oxygens (including phenoxy) is 2. The van der Waals surface area contributed by atoms with Crippen LogP contribution in [0.3, 0.4) is 0 Å². The van der Waals surface area contributed by atoms with Crippen molar-refractivity contribution in [3.8, 4) is 11.5 Å². The van der Waals surface area contributed by atoms with Crippen LogP contribution in [0.25, 0.3) is 0 Å². The lowest BCUT2D eigenvalue weighted by molar-refractivity contribution is -0.135. The summed E-state index contributed by atoms with van der Waals surface area (Å²) in [6, 6.07) is 16.7. The highest BCUT2D eigenvalue weighted by Crippen LogP contribution is 2.46. The Labute approximate surface area is 180 Å². The first-order chi connectivity index (χ1) is 14.7. The highest BCUT2D eigenvalue weighted by atomic mass is 16.5. The maximum atomic E-state index is 13.3. The molecule has 0 spiro atoms. The highest BCUT2D eigenvalue weighted by molar-refractivity contribution is 5.87. The highest BCUT2D eigenvalue weighted by Gasteiger charge is 2.46. The first-order valence-electron chi connectivity index (χ1n) is 11.5. The SMILES string of the molecule is CCCOc1ccc(C2NC(c3ccc(OCCC)cc3)C3CCCC2C3=O)cc1. The van der Waals surface area contributed by atoms with Crippen molar-refractivity contribution >= 4 is 5.78 Å². The van der Waals surface area contributed by atoms with Crippen LogP contribution in [-0.4, -0.2) is 19.0 Å². The molecule has 2 fully saturated rings. The molecule has 0 radical (unpaired) electrons. The van der Waals surface area contributed by atoms with Crippen LogP contribution in [0, 0.1) is 11.8 Å². The van der Waals surface area contributed by atoms with Gasteiger partial charge in [0.2, 0.25) is 0 Å². The first-order valence-corrected chi connectivity index (χ1v) is 11.5. The smallest absolute Gasteiger partial charge is 0.142 e. The molecule has 0 aromatic heterocycles. The van der Waals surface area contributed by atoms with Crippen LogP contribution in [0.2, 0.25) is 0 Å². The summed E-state index contributed by atoms with van der Waals surface area (Å²) in [5.41, 5.74) is 2.34. The number of carbonyl (C=O) groups is 1. The fraction of sp³-hybridized carbons (Fsp3) is 0.500. The Morgan fingerprint density at radius 2 is 1.20 bits per heavy atom. The number of Topliss-reactive ketones (excluding diaryl/α,β-unsaturated/α-hetero) is 1. The van der Waals surface area contributed by atoms with Gasteiger partial charge in [-0.1, -0.05) is 44.5 Å². The second kappa shape index (κ2) is 9.65. The molecule has 1 N–H and O–H groups in total. The molecule has 4 heteroatoms. The van der Waals surface area contributed by atoms with Crippen LogP contribution in [0.15, 0.2) is 48.5 Å². The summed E-state index contributed by atoms with van der Waals surface area (Å²) in [5, 5.41) is 3.84. The normalized spacial score (nSPS) is 25.7. The minimum atomic E-state index is 0.0512. The average Bonchev–Trinajstić information content (AvgIpc) is 2.77. The zero-order chi connectivity index (χ0) is 20.9. The fourth-order valence-corrected chi connectivity index (χ4v) is 4.84. The van der Waals surface area contributed by atoms with E-state index in [-0.39, 0.29) is 23.9 Å². The van der Waals surface area contributed by atoms with Crippen LogP contribution in [0.1, 0.15) is 69.2 Å². The summed E-state index contributed by atoms with van der Waals surface area (Å²) in [6.45, 7) is 5.66. The molecule has 4 unspecified atom stereocenters. The molecular formula is C26H33NO3. The number of nitrogens with one attached hydrogen (secondary N) is 1. The zero-order valence-corrected chi connectivity index (χ0v) is 18.1. The van der Waals surface area contributed by atoms with Gasteiger partial charge in [-0.05, 0) is 61.1 Å². The van der Waals surface area contributed by atoms with Gasteiger partial charge in [-0.25, -0.2) is 0 Å². The van der Waals surface area contributed by atoms with Gasteiger partial charge in [-0.2, -0.15) is 0 Å². The van der Waals surface area contributed by atoms with Gasteiger partial charge >= 0.3 is 0 Å². The van der Waals surface area contributed by atoms with Gasteiger partial charge in [0.1, 0.15) is 17.3 Å². The van der Waals surface area contributed by atoms with E-state index < -0.39 is 0 Å². The van der Waals surface area contributed by atoms with Crippen molar-refractivity contribution in [2.45, 2.75) is 58.0 Å². The molecule has 1 aliphatic heterocycles. The molecule has 1 heterocycles. The van der Waals surface area contributed by atoms with Crippen LogP contribution in [0.5, 0.6) is 11.5 Å². The van der Waals surface area contributed by atoms with E-state index in [0.717, 1.165) is 56.8 Å². The second-order valence-electron chi connectivity index (χ2n) is 8.50. The number of carbonyl (C=O) groups excluding carboxylic acids is 1. The number of ketones is 1. The maximum absolute atomic E-state index is 13.3. The zero-order valence-electron chi connectivity index (χ0n) is 18.1. The van der Waals surface area contributed by atoms with Gasteiger partial charge in [-0.15, -0.1) is 0 Å². The summed E-state index contributed by atoms with van der Waals surface area (Å²) in [5.74, 6) is 2.34. The molecule has 160 valence electrons. The first kappa shape index (κ1) is 20.9. The van der Waals surface area contributed by atoms with Crippen molar-refractivity contribution in [3.05, 3.63) is 59.7 Å². The lowest BCUT2D eigenvalue weighted by atomic mass is 9.67. The Kier molecular flexibility index (Phi) is 6.73. The van der Waals surface area contributed by atoms with Gasteiger partial charge in [0, 0.05) is 23.9 Å². The summed E-state index contributed by atoms with van der Waals surface area (Å²) >= 11 is 0. The van der Waals surface area contributed by atoms with Gasteiger partial charge < -0.3 is 14.8 Å². The molecule has 4 atom stereocenters. The van der Waals surface area contributed by atoms with E-state index in [9.17, 15) is 4.79 Å². The Hall–Kier alpha value is -2.33. The standard InChI is InChI=1S/C26H33NO3/c1-3-16-29-20-12-8-18(9-13-20)24-22-6-5-7-23(26(22)28)25(27-24)19-10-14-21(15-11-19)30-17-4-2/h8-15,22-25,27H,3-7,16-17H2,1-2H3. The Morgan fingerprint density at radius 1 is 0.767 bits per heavy atom. The number of hydrogen-bond acceptors (Lipinski definition) is 4. The van der Waals surface area contributed by atoms with Crippen molar-refractivity contribution in [2.24, 2.45) is 11.8 Å². The van der Waals surface area contributed by atoms with Crippen LogP contribution >= 0.6 is 0 Å². The van der Waals surface area contributed by atoms with Crippen molar-refractivity contribution in [3.63, 3.8) is 0 Å². The molecule has 1 saturated carbocycles. The van der Waals surface area contributed by atoms with E-state index in [4.69, 9.17) is 9.47 Å². The number of fused-ring (bicyclic) bond motifs is 2. The molecule has 2 aliphatic rings. The molecule has 0 amide bonds. The molecule has 2 aromatic rings. The third-order valence-corrected chi connectivity index (χ3v) is 6.35. The third kappa shape index (κ3) is 4.39. The molecule has 30 heavy (non-hydrogen) atoms. The number of piperidine rings is 1. The van der Waals surface area contributed by atoms with E-state index in [1.807, 2.05) is 24.3 Å². The predicted octanol–water partition coefficient (Wildman–Crippen LogP) is 5.64. The molecule has 1 saturated heterocycles. The van der Waals surface area contributed by atoms with E-state index in [1.165, 1.54) is 11.1 Å². The molecule has 1 aliphatic carbocycles. The third-order valence-electron chi connectivity index (χ3n) is 6.35. The molecule has 4 rings (SSSR count). The second-order valence-corrected chi connectivity index (χ2v) is 8.50. The van der Waals surface area contributed by atoms with Crippen molar-refractivity contribution in [1.82, 2.24) is 5.32 Å². The van der Waals surface area contributed by atoms with Gasteiger partial charge in [-0.3, -0.25) is 4.79 Å². The van der Waals surface area contributed by atoms with Gasteiger partial charge in [0.15, 0.2) is 0 Å². The largest absolute Gasteiger partial charge is 0.494 e.